The topological polar surface area (TPSA) is 57.3 Å². The van der Waals surface area contributed by atoms with Gasteiger partial charge in [0.1, 0.15) is 0 Å². The van der Waals surface area contributed by atoms with Crippen molar-refractivity contribution in [1.29, 1.82) is 0 Å². The third kappa shape index (κ3) is 4.33. The first-order valence-corrected chi connectivity index (χ1v) is 6.20. The fourth-order valence-electron chi connectivity index (χ4n) is 1.46. The minimum Gasteiger partial charge on any atom is -0.361 e. The lowest BCUT2D eigenvalue weighted by molar-refractivity contribution is -0.115. The number of rotatable bonds is 6. The summed E-state index contributed by atoms with van der Waals surface area (Å²) in [5, 5.41) is 6.02. The van der Waals surface area contributed by atoms with Crippen molar-refractivity contribution >= 4 is 17.4 Å². The van der Waals surface area contributed by atoms with Gasteiger partial charge in [-0.3, -0.25) is 4.79 Å². The van der Waals surface area contributed by atoms with Crippen LogP contribution in [0.15, 0.2) is 18.3 Å². The number of pyridine rings is 1. The van der Waals surface area contributed by atoms with Crippen LogP contribution in [0.5, 0.6) is 0 Å². The molecule has 100 valence electrons. The Kier molecular flexibility index (Phi) is 5.58. The second kappa shape index (κ2) is 6.96. The monoisotopic (exact) mass is 250 g/mol. The standard InChI is InChI=1S/C13H22N4O/c1-5-10(2)15-9-12(18)16-11-7-6-8-14-13(11)17(3)4/h6-8,10,15H,5,9H2,1-4H3,(H,16,18). The molecule has 18 heavy (non-hydrogen) atoms. The maximum Gasteiger partial charge on any atom is 0.238 e. The second-order valence-electron chi connectivity index (χ2n) is 4.51. The van der Waals surface area contributed by atoms with Crippen LogP contribution in [0.1, 0.15) is 20.3 Å². The van der Waals surface area contributed by atoms with Gasteiger partial charge in [-0.25, -0.2) is 4.98 Å². The summed E-state index contributed by atoms with van der Waals surface area (Å²) >= 11 is 0. The van der Waals surface area contributed by atoms with E-state index in [1.54, 1.807) is 6.20 Å². The third-order valence-electron chi connectivity index (χ3n) is 2.71. The fraction of sp³-hybridized carbons (Fsp3) is 0.538. The van der Waals surface area contributed by atoms with Crippen molar-refractivity contribution in [1.82, 2.24) is 10.3 Å². The number of carbonyl (C=O) groups excluding carboxylic acids is 1. The molecule has 0 fully saturated rings. The Balaban J connectivity index is 2.59. The van der Waals surface area contributed by atoms with Gasteiger partial charge in [0.15, 0.2) is 5.82 Å². The van der Waals surface area contributed by atoms with E-state index in [-0.39, 0.29) is 5.91 Å². The smallest absolute Gasteiger partial charge is 0.238 e. The minimum absolute atomic E-state index is 0.0496. The van der Waals surface area contributed by atoms with E-state index >= 15 is 0 Å². The molecule has 0 aliphatic rings. The Morgan fingerprint density at radius 2 is 2.22 bits per heavy atom. The Labute approximate surface area is 109 Å². The van der Waals surface area contributed by atoms with E-state index in [1.165, 1.54) is 0 Å². The van der Waals surface area contributed by atoms with Crippen LogP contribution in [0.25, 0.3) is 0 Å². The predicted molar refractivity (Wildman–Crippen MR) is 74.9 cm³/mol. The summed E-state index contributed by atoms with van der Waals surface area (Å²) in [6.45, 7) is 4.46. The quantitative estimate of drug-likeness (QED) is 0.803. The second-order valence-corrected chi connectivity index (χ2v) is 4.51. The molecule has 1 aromatic heterocycles. The molecule has 1 heterocycles. The van der Waals surface area contributed by atoms with Crippen LogP contribution in [0.2, 0.25) is 0 Å². The van der Waals surface area contributed by atoms with Crippen molar-refractivity contribution in [2.45, 2.75) is 26.3 Å². The molecular weight excluding hydrogens is 228 g/mol. The molecule has 0 aliphatic carbocycles. The van der Waals surface area contributed by atoms with Crippen LogP contribution < -0.4 is 15.5 Å². The maximum atomic E-state index is 11.8. The molecular formula is C13H22N4O. The maximum absolute atomic E-state index is 11.8. The van der Waals surface area contributed by atoms with Crippen molar-refractivity contribution < 1.29 is 4.79 Å². The van der Waals surface area contributed by atoms with E-state index < -0.39 is 0 Å². The molecule has 5 heteroatoms. The number of carbonyl (C=O) groups is 1. The minimum atomic E-state index is -0.0496. The van der Waals surface area contributed by atoms with Crippen molar-refractivity contribution in [3.63, 3.8) is 0 Å². The van der Waals surface area contributed by atoms with Crippen LogP contribution in [-0.4, -0.2) is 37.6 Å². The van der Waals surface area contributed by atoms with Gasteiger partial charge < -0.3 is 15.5 Å². The lowest BCUT2D eigenvalue weighted by Crippen LogP contribution is -2.34. The molecule has 0 radical (unpaired) electrons. The van der Waals surface area contributed by atoms with Crippen LogP contribution in [0.3, 0.4) is 0 Å². The summed E-state index contributed by atoms with van der Waals surface area (Å²) < 4.78 is 0. The number of hydrogen-bond donors (Lipinski definition) is 2. The normalized spacial score (nSPS) is 12.0. The van der Waals surface area contributed by atoms with Crippen LogP contribution in [-0.2, 0) is 4.79 Å². The largest absolute Gasteiger partial charge is 0.361 e. The molecule has 5 nitrogen and oxygen atoms in total. The van der Waals surface area contributed by atoms with Gasteiger partial charge in [-0.05, 0) is 25.5 Å². The van der Waals surface area contributed by atoms with E-state index in [9.17, 15) is 4.79 Å². The highest BCUT2D eigenvalue weighted by Crippen LogP contribution is 2.19. The lowest BCUT2D eigenvalue weighted by Gasteiger charge is -2.17. The molecule has 0 bridgehead atoms. The van der Waals surface area contributed by atoms with E-state index in [1.807, 2.05) is 31.1 Å². The Morgan fingerprint density at radius 3 is 2.83 bits per heavy atom. The highest BCUT2D eigenvalue weighted by Gasteiger charge is 2.09. The van der Waals surface area contributed by atoms with Crippen LogP contribution >= 0.6 is 0 Å². The Morgan fingerprint density at radius 1 is 1.50 bits per heavy atom. The highest BCUT2D eigenvalue weighted by atomic mass is 16.1. The molecule has 1 atom stereocenters. The van der Waals surface area contributed by atoms with Crippen molar-refractivity contribution in [2.24, 2.45) is 0 Å². The van der Waals surface area contributed by atoms with Crippen molar-refractivity contribution in [3.05, 3.63) is 18.3 Å². The summed E-state index contributed by atoms with van der Waals surface area (Å²) in [6, 6.07) is 4.01. The number of nitrogens with one attached hydrogen (secondary N) is 2. The van der Waals surface area contributed by atoms with Gasteiger partial charge in [0.05, 0.1) is 12.2 Å². The van der Waals surface area contributed by atoms with Gasteiger partial charge in [0.25, 0.3) is 0 Å². The van der Waals surface area contributed by atoms with E-state index in [0.29, 0.717) is 12.6 Å². The fourth-order valence-corrected chi connectivity index (χ4v) is 1.46. The zero-order chi connectivity index (χ0) is 13.5. The van der Waals surface area contributed by atoms with Gasteiger partial charge in [-0.15, -0.1) is 0 Å². The van der Waals surface area contributed by atoms with Crippen LogP contribution in [0, 0.1) is 0 Å². The first-order valence-electron chi connectivity index (χ1n) is 6.20. The number of nitrogens with zero attached hydrogens (tertiary/aromatic N) is 2. The molecule has 0 spiro atoms. The van der Waals surface area contributed by atoms with Crippen molar-refractivity contribution in [3.8, 4) is 0 Å². The third-order valence-corrected chi connectivity index (χ3v) is 2.71. The predicted octanol–water partition coefficient (Wildman–Crippen LogP) is 1.47. The van der Waals surface area contributed by atoms with Gasteiger partial charge in [0.2, 0.25) is 5.91 Å². The molecule has 0 saturated carbocycles. The SMILES string of the molecule is CCC(C)NCC(=O)Nc1cccnc1N(C)C. The Hall–Kier alpha value is -1.62. The average molecular weight is 250 g/mol. The summed E-state index contributed by atoms with van der Waals surface area (Å²) in [5.41, 5.74) is 0.735. The first-order chi connectivity index (χ1) is 8.54. The zero-order valence-corrected chi connectivity index (χ0v) is 11.5. The number of anilines is 2. The van der Waals surface area contributed by atoms with Gasteiger partial charge >= 0.3 is 0 Å². The molecule has 0 aromatic carbocycles. The van der Waals surface area contributed by atoms with E-state index in [0.717, 1.165) is 17.9 Å². The number of aromatic nitrogens is 1. The van der Waals surface area contributed by atoms with Gasteiger partial charge in [0, 0.05) is 26.3 Å². The molecule has 1 unspecified atom stereocenters. The van der Waals surface area contributed by atoms with Gasteiger partial charge in [-0.2, -0.15) is 0 Å². The lowest BCUT2D eigenvalue weighted by atomic mass is 10.2. The summed E-state index contributed by atoms with van der Waals surface area (Å²) in [4.78, 5) is 17.9. The molecule has 1 aromatic rings. The Bertz CT molecular complexity index is 392. The highest BCUT2D eigenvalue weighted by molar-refractivity contribution is 5.94. The average Bonchev–Trinajstić information content (AvgIpc) is 2.36. The first kappa shape index (κ1) is 14.4. The molecule has 1 amide bonds. The van der Waals surface area contributed by atoms with Gasteiger partial charge in [-0.1, -0.05) is 6.92 Å². The number of amides is 1. The summed E-state index contributed by atoms with van der Waals surface area (Å²) in [5.74, 6) is 0.709. The molecule has 2 N–H and O–H groups in total. The molecule has 0 aliphatic heterocycles. The molecule has 1 rings (SSSR count). The van der Waals surface area contributed by atoms with E-state index in [2.05, 4.69) is 29.5 Å². The van der Waals surface area contributed by atoms with Crippen molar-refractivity contribution in [2.75, 3.05) is 30.9 Å². The number of hydrogen-bond acceptors (Lipinski definition) is 4. The molecule has 0 saturated heterocycles. The summed E-state index contributed by atoms with van der Waals surface area (Å²) in [6.07, 6.45) is 2.71. The van der Waals surface area contributed by atoms with E-state index in [4.69, 9.17) is 0 Å². The summed E-state index contributed by atoms with van der Waals surface area (Å²) in [7, 11) is 3.80. The zero-order valence-electron chi connectivity index (χ0n) is 11.5. The van der Waals surface area contributed by atoms with Crippen LogP contribution in [0.4, 0.5) is 11.5 Å².